The first-order valence-electron chi connectivity index (χ1n) is 7.21. The summed E-state index contributed by atoms with van der Waals surface area (Å²) in [5.41, 5.74) is 7.99. The van der Waals surface area contributed by atoms with Crippen LogP contribution in [0, 0.1) is 5.92 Å². The lowest BCUT2D eigenvalue weighted by molar-refractivity contribution is -0.121. The number of rotatable bonds is 8. The third-order valence-electron chi connectivity index (χ3n) is 3.35. The smallest absolute Gasteiger partial charge is 0.220 e. The molecule has 0 aliphatic rings. The Morgan fingerprint density at radius 1 is 1.30 bits per heavy atom. The van der Waals surface area contributed by atoms with Crippen molar-refractivity contribution in [3.05, 3.63) is 35.4 Å². The van der Waals surface area contributed by atoms with Crippen LogP contribution in [0.1, 0.15) is 30.9 Å². The van der Waals surface area contributed by atoms with Crippen LogP contribution in [0.15, 0.2) is 24.3 Å². The summed E-state index contributed by atoms with van der Waals surface area (Å²) in [5, 5.41) is 2.99. The highest BCUT2D eigenvalue weighted by Gasteiger charge is 2.07. The fourth-order valence-electron chi connectivity index (χ4n) is 2.00. The topological polar surface area (TPSA) is 58.4 Å². The zero-order valence-corrected chi connectivity index (χ0v) is 12.9. The monoisotopic (exact) mass is 277 g/mol. The Labute approximate surface area is 122 Å². The number of hydrogen-bond acceptors (Lipinski definition) is 3. The van der Waals surface area contributed by atoms with E-state index in [-0.39, 0.29) is 5.91 Å². The van der Waals surface area contributed by atoms with Crippen molar-refractivity contribution in [3.8, 4) is 0 Å². The maximum absolute atomic E-state index is 11.8. The van der Waals surface area contributed by atoms with Crippen molar-refractivity contribution in [1.82, 2.24) is 10.2 Å². The zero-order valence-electron chi connectivity index (χ0n) is 12.9. The van der Waals surface area contributed by atoms with Crippen LogP contribution in [-0.2, 0) is 17.9 Å². The summed E-state index contributed by atoms with van der Waals surface area (Å²) in [7, 11) is 4.09. The molecule has 0 saturated carbocycles. The molecular weight excluding hydrogens is 250 g/mol. The van der Waals surface area contributed by atoms with Crippen LogP contribution in [0.3, 0.4) is 0 Å². The molecule has 112 valence electrons. The second-order valence-corrected chi connectivity index (χ2v) is 5.66. The minimum Gasteiger partial charge on any atom is -0.352 e. The summed E-state index contributed by atoms with van der Waals surface area (Å²) in [6.45, 7) is 4.19. The summed E-state index contributed by atoms with van der Waals surface area (Å²) in [6.07, 6.45) is 1.40. The van der Waals surface area contributed by atoms with Gasteiger partial charge in [0.25, 0.3) is 0 Å². The van der Waals surface area contributed by atoms with Gasteiger partial charge >= 0.3 is 0 Å². The molecule has 0 radical (unpaired) electrons. The van der Waals surface area contributed by atoms with E-state index >= 15 is 0 Å². The van der Waals surface area contributed by atoms with Gasteiger partial charge in [-0.3, -0.25) is 4.79 Å². The number of carbonyl (C=O) groups is 1. The lowest BCUT2D eigenvalue weighted by Crippen LogP contribution is -2.25. The average molecular weight is 277 g/mol. The minimum absolute atomic E-state index is 0.102. The van der Waals surface area contributed by atoms with Crippen molar-refractivity contribution in [2.45, 2.75) is 32.9 Å². The molecule has 4 nitrogen and oxygen atoms in total. The molecule has 1 amide bonds. The van der Waals surface area contributed by atoms with Gasteiger partial charge in [0.05, 0.1) is 0 Å². The van der Waals surface area contributed by atoms with Gasteiger partial charge in [0, 0.05) is 19.5 Å². The van der Waals surface area contributed by atoms with Gasteiger partial charge in [-0.05, 0) is 44.1 Å². The Balaban J connectivity index is 2.46. The molecule has 0 aliphatic carbocycles. The van der Waals surface area contributed by atoms with Crippen molar-refractivity contribution >= 4 is 5.91 Å². The number of nitrogens with zero attached hydrogens (tertiary/aromatic N) is 1. The summed E-state index contributed by atoms with van der Waals surface area (Å²) < 4.78 is 0. The van der Waals surface area contributed by atoms with Crippen LogP contribution in [0.2, 0.25) is 0 Å². The first-order valence-corrected chi connectivity index (χ1v) is 7.21. The number of hydrogen-bond donors (Lipinski definition) is 2. The molecule has 1 aromatic carbocycles. The molecule has 20 heavy (non-hydrogen) atoms. The molecule has 0 bridgehead atoms. The fourth-order valence-corrected chi connectivity index (χ4v) is 2.00. The van der Waals surface area contributed by atoms with Crippen molar-refractivity contribution in [3.63, 3.8) is 0 Å². The zero-order chi connectivity index (χ0) is 15.0. The molecule has 0 heterocycles. The van der Waals surface area contributed by atoms with Crippen molar-refractivity contribution in [2.24, 2.45) is 11.7 Å². The van der Waals surface area contributed by atoms with Gasteiger partial charge in [-0.25, -0.2) is 0 Å². The molecule has 0 saturated heterocycles. The van der Waals surface area contributed by atoms with E-state index in [9.17, 15) is 4.79 Å². The van der Waals surface area contributed by atoms with E-state index in [1.165, 1.54) is 11.1 Å². The molecule has 3 N–H and O–H groups in total. The first kappa shape index (κ1) is 16.7. The Morgan fingerprint density at radius 3 is 2.55 bits per heavy atom. The van der Waals surface area contributed by atoms with Crippen LogP contribution in [0.4, 0.5) is 0 Å². The van der Waals surface area contributed by atoms with Gasteiger partial charge in [0.15, 0.2) is 0 Å². The lowest BCUT2D eigenvalue weighted by atomic mass is 10.1. The van der Waals surface area contributed by atoms with E-state index in [1.54, 1.807) is 0 Å². The highest BCUT2D eigenvalue weighted by atomic mass is 16.1. The second-order valence-electron chi connectivity index (χ2n) is 5.66. The van der Waals surface area contributed by atoms with E-state index in [0.717, 1.165) is 13.0 Å². The summed E-state index contributed by atoms with van der Waals surface area (Å²) in [4.78, 5) is 13.9. The van der Waals surface area contributed by atoms with Gasteiger partial charge < -0.3 is 16.0 Å². The van der Waals surface area contributed by atoms with Gasteiger partial charge in [0.1, 0.15) is 0 Å². The molecule has 1 rings (SSSR count). The summed E-state index contributed by atoms with van der Waals surface area (Å²) >= 11 is 0. The maximum atomic E-state index is 11.8. The summed E-state index contributed by atoms with van der Waals surface area (Å²) in [6, 6.07) is 8.23. The molecular formula is C16H27N3O. The van der Waals surface area contributed by atoms with Gasteiger partial charge in [-0.15, -0.1) is 0 Å². The third kappa shape index (κ3) is 6.17. The van der Waals surface area contributed by atoms with Crippen molar-refractivity contribution in [2.75, 3.05) is 20.6 Å². The maximum Gasteiger partial charge on any atom is 0.220 e. The van der Waals surface area contributed by atoms with E-state index < -0.39 is 0 Å². The average Bonchev–Trinajstić information content (AvgIpc) is 2.43. The summed E-state index contributed by atoms with van der Waals surface area (Å²) in [5.74, 6) is 0.506. The Hall–Kier alpha value is -1.39. The minimum atomic E-state index is 0.102. The predicted octanol–water partition coefficient (Wildman–Crippen LogP) is 1.74. The molecule has 0 fully saturated rings. The standard InChI is InChI=1S/C16H27N3O/c1-13(10-17)8-9-16(20)18-11-14-6-4-5-7-15(14)12-19(2)3/h4-7,13H,8-12,17H2,1-3H3,(H,18,20). The Morgan fingerprint density at radius 2 is 1.95 bits per heavy atom. The van der Waals surface area contributed by atoms with Crippen LogP contribution in [0.25, 0.3) is 0 Å². The number of carbonyl (C=O) groups excluding carboxylic acids is 1. The van der Waals surface area contributed by atoms with E-state index in [1.807, 2.05) is 26.2 Å². The molecule has 0 aliphatic heterocycles. The first-order chi connectivity index (χ1) is 9.52. The van der Waals surface area contributed by atoms with E-state index in [4.69, 9.17) is 5.73 Å². The predicted molar refractivity (Wildman–Crippen MR) is 83.1 cm³/mol. The molecule has 0 aromatic heterocycles. The van der Waals surface area contributed by atoms with E-state index in [2.05, 4.69) is 29.3 Å². The van der Waals surface area contributed by atoms with Crippen molar-refractivity contribution < 1.29 is 4.79 Å². The van der Waals surface area contributed by atoms with Crippen LogP contribution < -0.4 is 11.1 Å². The van der Waals surface area contributed by atoms with Gasteiger partial charge in [-0.2, -0.15) is 0 Å². The second kappa shape index (κ2) is 8.72. The number of benzene rings is 1. The number of nitrogens with two attached hydrogens (primary N) is 1. The van der Waals surface area contributed by atoms with E-state index in [0.29, 0.717) is 25.4 Å². The van der Waals surface area contributed by atoms with Crippen LogP contribution >= 0.6 is 0 Å². The quantitative estimate of drug-likeness (QED) is 0.761. The Kier molecular flexibility index (Phi) is 7.26. The molecule has 1 aromatic rings. The largest absolute Gasteiger partial charge is 0.352 e. The number of amides is 1. The molecule has 1 atom stereocenters. The van der Waals surface area contributed by atoms with Gasteiger partial charge in [0.2, 0.25) is 5.91 Å². The molecule has 0 spiro atoms. The normalized spacial score (nSPS) is 12.4. The fraction of sp³-hybridized carbons (Fsp3) is 0.562. The highest BCUT2D eigenvalue weighted by molar-refractivity contribution is 5.75. The Bertz CT molecular complexity index is 418. The van der Waals surface area contributed by atoms with Gasteiger partial charge in [-0.1, -0.05) is 31.2 Å². The lowest BCUT2D eigenvalue weighted by Gasteiger charge is -2.15. The third-order valence-corrected chi connectivity index (χ3v) is 3.35. The van der Waals surface area contributed by atoms with Crippen LogP contribution in [-0.4, -0.2) is 31.4 Å². The molecule has 4 heteroatoms. The molecule has 1 unspecified atom stereocenters. The van der Waals surface area contributed by atoms with Crippen molar-refractivity contribution in [1.29, 1.82) is 0 Å². The highest BCUT2D eigenvalue weighted by Crippen LogP contribution is 2.10. The van der Waals surface area contributed by atoms with Crippen LogP contribution in [0.5, 0.6) is 0 Å². The SMILES string of the molecule is CC(CN)CCC(=O)NCc1ccccc1CN(C)C. The number of nitrogens with one attached hydrogen (secondary N) is 1.